The number of hydrogen-bond acceptors (Lipinski definition) is 4. The summed E-state index contributed by atoms with van der Waals surface area (Å²) < 4.78 is 9.30. The van der Waals surface area contributed by atoms with Crippen LogP contribution in [0.25, 0.3) is 0 Å². The summed E-state index contributed by atoms with van der Waals surface area (Å²) in [5.74, 6) is 0.465. The Hall–Kier alpha value is -0.420. The zero-order valence-corrected chi connectivity index (χ0v) is 7.53. The van der Waals surface area contributed by atoms with E-state index >= 15 is 0 Å². The molecule has 5 heteroatoms. The van der Waals surface area contributed by atoms with Crippen LogP contribution in [0.15, 0.2) is 4.47 Å². The molecular weight excluding hydrogens is 218 g/mol. The molecule has 1 aromatic heterocycles. The van der Waals surface area contributed by atoms with Gasteiger partial charge in [-0.2, -0.15) is 4.37 Å². The molecule has 54 valence electrons. The standard InChI is InChI=1S/C5H4BrNO2S/c1-9-5-4(6)3(2-8)10-7-5/h2H,1H3. The fourth-order valence-electron chi connectivity index (χ4n) is 0.476. The molecule has 0 atom stereocenters. The van der Waals surface area contributed by atoms with Gasteiger partial charge in [0, 0.05) is 0 Å². The van der Waals surface area contributed by atoms with E-state index in [2.05, 4.69) is 20.3 Å². The van der Waals surface area contributed by atoms with Gasteiger partial charge in [0.15, 0.2) is 6.29 Å². The van der Waals surface area contributed by atoms with Crippen molar-refractivity contribution in [2.45, 2.75) is 0 Å². The normalized spacial score (nSPS) is 9.40. The molecule has 0 bridgehead atoms. The van der Waals surface area contributed by atoms with Crippen molar-refractivity contribution in [1.82, 2.24) is 4.37 Å². The molecular formula is C5H4BrNO2S. The summed E-state index contributed by atoms with van der Waals surface area (Å²) in [7, 11) is 1.51. The maximum atomic E-state index is 10.2. The van der Waals surface area contributed by atoms with E-state index in [1.807, 2.05) is 0 Å². The minimum absolute atomic E-state index is 0.465. The first-order valence-corrected chi connectivity index (χ1v) is 4.00. The van der Waals surface area contributed by atoms with Crippen LogP contribution in [0.2, 0.25) is 0 Å². The molecule has 0 saturated heterocycles. The van der Waals surface area contributed by atoms with E-state index in [1.54, 1.807) is 0 Å². The fourth-order valence-corrected chi connectivity index (χ4v) is 1.71. The van der Waals surface area contributed by atoms with Gasteiger partial charge in [-0.3, -0.25) is 4.79 Å². The van der Waals surface area contributed by atoms with Gasteiger partial charge in [0.2, 0.25) is 5.88 Å². The lowest BCUT2D eigenvalue weighted by Crippen LogP contribution is -1.81. The molecule has 3 nitrogen and oxygen atoms in total. The highest BCUT2D eigenvalue weighted by molar-refractivity contribution is 9.10. The minimum atomic E-state index is 0.465. The number of carbonyl (C=O) groups is 1. The van der Waals surface area contributed by atoms with Gasteiger partial charge < -0.3 is 4.74 Å². The van der Waals surface area contributed by atoms with Gasteiger partial charge in [-0.15, -0.1) is 0 Å². The molecule has 1 aromatic rings. The number of nitrogens with zero attached hydrogens (tertiary/aromatic N) is 1. The SMILES string of the molecule is COc1nsc(C=O)c1Br. The Morgan fingerprint density at radius 3 is 2.80 bits per heavy atom. The second-order valence-electron chi connectivity index (χ2n) is 1.49. The van der Waals surface area contributed by atoms with E-state index in [0.717, 1.165) is 17.8 Å². The Labute approximate surface area is 70.3 Å². The molecule has 0 fully saturated rings. The first kappa shape index (κ1) is 7.68. The van der Waals surface area contributed by atoms with Crippen LogP contribution in [0.4, 0.5) is 0 Å². The number of hydrogen-bond donors (Lipinski definition) is 0. The van der Waals surface area contributed by atoms with Gasteiger partial charge in [-0.1, -0.05) is 0 Å². The first-order valence-electron chi connectivity index (χ1n) is 2.44. The van der Waals surface area contributed by atoms with Crippen LogP contribution in [-0.4, -0.2) is 17.8 Å². The molecule has 1 rings (SSSR count). The maximum absolute atomic E-state index is 10.2. The molecule has 0 unspecified atom stereocenters. The average molecular weight is 222 g/mol. The number of rotatable bonds is 2. The molecule has 0 aliphatic carbocycles. The van der Waals surface area contributed by atoms with E-state index < -0.39 is 0 Å². The largest absolute Gasteiger partial charge is 0.480 e. The zero-order chi connectivity index (χ0) is 7.56. The van der Waals surface area contributed by atoms with Gasteiger partial charge >= 0.3 is 0 Å². The molecule has 0 amide bonds. The third-order valence-electron chi connectivity index (χ3n) is 0.931. The van der Waals surface area contributed by atoms with Crippen molar-refractivity contribution in [3.05, 3.63) is 9.35 Å². The average Bonchev–Trinajstić information content (AvgIpc) is 2.30. The Bertz CT molecular complexity index is 248. The van der Waals surface area contributed by atoms with Gasteiger partial charge in [-0.05, 0) is 27.5 Å². The summed E-state index contributed by atoms with van der Waals surface area (Å²) in [4.78, 5) is 10.8. The van der Waals surface area contributed by atoms with E-state index in [1.165, 1.54) is 7.11 Å². The molecule has 0 saturated carbocycles. The highest BCUT2D eigenvalue weighted by atomic mass is 79.9. The van der Waals surface area contributed by atoms with Crippen LogP contribution in [0.1, 0.15) is 9.67 Å². The van der Waals surface area contributed by atoms with Crippen molar-refractivity contribution < 1.29 is 9.53 Å². The molecule has 10 heavy (non-hydrogen) atoms. The van der Waals surface area contributed by atoms with Crippen molar-refractivity contribution in [2.24, 2.45) is 0 Å². The Balaban J connectivity index is 3.08. The molecule has 1 heterocycles. The van der Waals surface area contributed by atoms with Crippen LogP contribution >= 0.6 is 27.5 Å². The number of ether oxygens (including phenoxy) is 1. The highest BCUT2D eigenvalue weighted by Gasteiger charge is 2.09. The van der Waals surface area contributed by atoms with Crippen LogP contribution in [0.3, 0.4) is 0 Å². The fraction of sp³-hybridized carbons (Fsp3) is 0.200. The highest BCUT2D eigenvalue weighted by Crippen LogP contribution is 2.29. The van der Waals surface area contributed by atoms with Crippen LogP contribution in [0, 0.1) is 0 Å². The summed E-state index contributed by atoms with van der Waals surface area (Å²) in [6.07, 6.45) is 0.740. The minimum Gasteiger partial charge on any atom is -0.480 e. The van der Waals surface area contributed by atoms with Crippen molar-refractivity contribution in [2.75, 3.05) is 7.11 Å². The van der Waals surface area contributed by atoms with Crippen molar-refractivity contribution >= 4 is 33.7 Å². The van der Waals surface area contributed by atoms with Crippen molar-refractivity contribution in [3.63, 3.8) is 0 Å². The summed E-state index contributed by atoms with van der Waals surface area (Å²) >= 11 is 4.27. The second-order valence-corrected chi connectivity index (χ2v) is 3.09. The Morgan fingerprint density at radius 1 is 1.80 bits per heavy atom. The quantitative estimate of drug-likeness (QED) is 0.715. The summed E-state index contributed by atoms with van der Waals surface area (Å²) in [6.45, 7) is 0. The van der Waals surface area contributed by atoms with E-state index in [0.29, 0.717) is 15.2 Å². The lowest BCUT2D eigenvalue weighted by molar-refractivity contribution is 0.112. The summed E-state index contributed by atoms with van der Waals surface area (Å²) in [5.41, 5.74) is 0. The van der Waals surface area contributed by atoms with Gasteiger partial charge in [-0.25, -0.2) is 0 Å². The van der Waals surface area contributed by atoms with E-state index in [4.69, 9.17) is 4.74 Å². The van der Waals surface area contributed by atoms with Crippen LogP contribution in [-0.2, 0) is 0 Å². The van der Waals surface area contributed by atoms with Gasteiger partial charge in [0.25, 0.3) is 0 Å². The zero-order valence-electron chi connectivity index (χ0n) is 5.13. The monoisotopic (exact) mass is 221 g/mol. The smallest absolute Gasteiger partial charge is 0.240 e. The summed E-state index contributed by atoms with van der Waals surface area (Å²) in [5, 5.41) is 0. The predicted octanol–water partition coefficient (Wildman–Crippen LogP) is 1.73. The van der Waals surface area contributed by atoms with Gasteiger partial charge in [0.05, 0.1) is 7.11 Å². The lowest BCUT2D eigenvalue weighted by Gasteiger charge is -1.90. The Morgan fingerprint density at radius 2 is 2.50 bits per heavy atom. The van der Waals surface area contributed by atoms with Crippen molar-refractivity contribution in [1.29, 1.82) is 0 Å². The Kier molecular flexibility index (Phi) is 2.39. The molecule has 0 aliphatic heterocycles. The lowest BCUT2D eigenvalue weighted by atomic mass is 10.5. The predicted molar refractivity (Wildman–Crippen MR) is 41.8 cm³/mol. The summed E-state index contributed by atoms with van der Waals surface area (Å²) in [6, 6.07) is 0. The maximum Gasteiger partial charge on any atom is 0.240 e. The van der Waals surface area contributed by atoms with E-state index in [-0.39, 0.29) is 0 Å². The molecule has 0 radical (unpaired) electrons. The topological polar surface area (TPSA) is 39.2 Å². The number of aromatic nitrogens is 1. The number of aldehydes is 1. The third kappa shape index (κ3) is 1.19. The first-order chi connectivity index (χ1) is 4.79. The van der Waals surface area contributed by atoms with Crippen LogP contribution in [0.5, 0.6) is 5.88 Å². The molecule has 0 aliphatic rings. The number of methoxy groups -OCH3 is 1. The number of halogens is 1. The third-order valence-corrected chi connectivity index (χ3v) is 2.71. The van der Waals surface area contributed by atoms with Crippen molar-refractivity contribution in [3.8, 4) is 5.88 Å². The molecule has 0 aromatic carbocycles. The molecule has 0 spiro atoms. The number of carbonyl (C=O) groups excluding carboxylic acids is 1. The van der Waals surface area contributed by atoms with E-state index in [9.17, 15) is 4.79 Å². The second kappa shape index (κ2) is 3.12. The van der Waals surface area contributed by atoms with Crippen LogP contribution < -0.4 is 4.74 Å². The molecule has 0 N–H and O–H groups in total. The van der Waals surface area contributed by atoms with Gasteiger partial charge in [0.1, 0.15) is 9.35 Å².